The quantitative estimate of drug-likeness (QED) is 0.767. The minimum Gasteiger partial charge on any atom is -0.314 e. The highest BCUT2D eigenvalue weighted by Gasteiger charge is 2.30. The van der Waals surface area contributed by atoms with Crippen molar-refractivity contribution in [3.63, 3.8) is 0 Å². The topological polar surface area (TPSA) is 28.2 Å². The molecule has 0 amide bonds. The van der Waals surface area contributed by atoms with Gasteiger partial charge in [0.15, 0.2) is 0 Å². The van der Waals surface area contributed by atoms with Crippen LogP contribution in [0.2, 0.25) is 0 Å². The highest BCUT2D eigenvalue weighted by atomic mass is 32.1. The van der Waals surface area contributed by atoms with Crippen LogP contribution in [-0.2, 0) is 6.42 Å². The zero-order chi connectivity index (χ0) is 11.2. The number of aromatic nitrogens is 1. The molecule has 1 atom stereocenters. The normalized spacial score (nSPS) is 24.6. The summed E-state index contributed by atoms with van der Waals surface area (Å²) in [6, 6.07) is 5.09. The second-order valence-electron chi connectivity index (χ2n) is 4.85. The lowest BCUT2D eigenvalue weighted by Crippen LogP contribution is -2.49. The summed E-state index contributed by atoms with van der Waals surface area (Å²) in [4.78, 5) is 8.62. The largest absolute Gasteiger partial charge is 0.314 e. The molecule has 0 saturated carbocycles. The van der Waals surface area contributed by atoms with Gasteiger partial charge in [0.05, 0.1) is 0 Å². The Morgan fingerprint density at radius 2 is 2.41 bits per heavy atom. The molecule has 2 aromatic rings. The van der Waals surface area contributed by atoms with E-state index in [0.717, 1.165) is 19.5 Å². The number of nitrogens with one attached hydrogen (secondary N) is 1. The van der Waals surface area contributed by atoms with Gasteiger partial charge in [0.2, 0.25) is 0 Å². The first kappa shape index (κ1) is 10.00. The van der Waals surface area contributed by atoms with Crippen molar-refractivity contribution in [2.24, 2.45) is 0 Å². The molecule has 4 heterocycles. The molecule has 3 nitrogen and oxygen atoms in total. The van der Waals surface area contributed by atoms with E-state index in [1.54, 1.807) is 11.3 Å². The van der Waals surface area contributed by atoms with Crippen LogP contribution < -0.4 is 5.32 Å². The Morgan fingerprint density at radius 3 is 3.41 bits per heavy atom. The van der Waals surface area contributed by atoms with E-state index in [1.165, 1.54) is 34.6 Å². The number of fused-ring (bicyclic) bond motifs is 4. The number of pyridine rings is 1. The molecule has 2 aliphatic heterocycles. The number of piperazine rings is 1. The highest BCUT2D eigenvalue weighted by molar-refractivity contribution is 7.16. The number of rotatable bonds is 0. The number of thiophene rings is 1. The van der Waals surface area contributed by atoms with Crippen LogP contribution in [0.15, 0.2) is 17.5 Å². The highest BCUT2D eigenvalue weighted by Crippen LogP contribution is 2.32. The van der Waals surface area contributed by atoms with E-state index >= 15 is 0 Å². The molecular formula is C13H15N3S. The van der Waals surface area contributed by atoms with Crippen molar-refractivity contribution in [3.05, 3.63) is 28.8 Å². The van der Waals surface area contributed by atoms with E-state index < -0.39 is 0 Å². The Bertz CT molecular complexity index is 563. The van der Waals surface area contributed by atoms with Gasteiger partial charge in [-0.3, -0.25) is 4.90 Å². The summed E-state index contributed by atoms with van der Waals surface area (Å²) in [5.41, 5.74) is 2.78. The Hall–Kier alpha value is -0.970. The molecule has 17 heavy (non-hydrogen) atoms. The summed E-state index contributed by atoms with van der Waals surface area (Å²) in [5.74, 6) is 0. The standard InChI is InChI=1S/C13H15N3S/c1-4-16-5-3-14-8-12(16)10-7-9-2-6-17-13(9)15-11(1)10/h2,6-7,12,14H,1,3-5,8H2. The van der Waals surface area contributed by atoms with Gasteiger partial charge in [-0.05, 0) is 23.1 Å². The molecule has 0 bridgehead atoms. The van der Waals surface area contributed by atoms with Crippen molar-refractivity contribution in [2.75, 3.05) is 26.2 Å². The average molecular weight is 245 g/mol. The Labute approximate surface area is 104 Å². The maximum atomic E-state index is 4.83. The fourth-order valence-corrected chi connectivity index (χ4v) is 3.78. The second kappa shape index (κ2) is 3.77. The van der Waals surface area contributed by atoms with Gasteiger partial charge in [0.1, 0.15) is 4.83 Å². The third kappa shape index (κ3) is 1.52. The third-order valence-electron chi connectivity index (χ3n) is 3.90. The predicted molar refractivity (Wildman–Crippen MR) is 70.5 cm³/mol. The first-order chi connectivity index (χ1) is 8.42. The van der Waals surface area contributed by atoms with Crippen LogP contribution in [0.25, 0.3) is 10.2 Å². The summed E-state index contributed by atoms with van der Waals surface area (Å²) >= 11 is 1.75. The van der Waals surface area contributed by atoms with Gasteiger partial charge < -0.3 is 5.32 Å². The van der Waals surface area contributed by atoms with Crippen molar-refractivity contribution in [2.45, 2.75) is 12.5 Å². The lowest BCUT2D eigenvalue weighted by Gasteiger charge is -2.40. The molecule has 4 heteroatoms. The zero-order valence-corrected chi connectivity index (χ0v) is 10.5. The molecule has 0 aliphatic carbocycles. The monoisotopic (exact) mass is 245 g/mol. The Morgan fingerprint density at radius 1 is 1.41 bits per heavy atom. The number of hydrogen-bond donors (Lipinski definition) is 1. The van der Waals surface area contributed by atoms with Gasteiger partial charge >= 0.3 is 0 Å². The molecule has 4 rings (SSSR count). The molecule has 2 aromatic heterocycles. The van der Waals surface area contributed by atoms with Gasteiger partial charge in [-0.2, -0.15) is 0 Å². The van der Waals surface area contributed by atoms with Crippen molar-refractivity contribution in [1.82, 2.24) is 15.2 Å². The summed E-state index contributed by atoms with van der Waals surface area (Å²) in [5, 5.41) is 6.95. The van der Waals surface area contributed by atoms with Crippen molar-refractivity contribution >= 4 is 21.6 Å². The SMILES string of the molecule is c1cc2cc3c(nc2s1)CCN1CCNCC31. The van der Waals surface area contributed by atoms with Gasteiger partial charge in [-0.1, -0.05) is 0 Å². The maximum Gasteiger partial charge on any atom is 0.123 e. The van der Waals surface area contributed by atoms with Crippen LogP contribution in [-0.4, -0.2) is 36.1 Å². The number of hydrogen-bond acceptors (Lipinski definition) is 4. The Kier molecular flexibility index (Phi) is 2.21. The minimum absolute atomic E-state index is 0.546. The van der Waals surface area contributed by atoms with Crippen molar-refractivity contribution in [3.8, 4) is 0 Å². The molecule has 0 spiro atoms. The Balaban J connectivity index is 1.87. The van der Waals surface area contributed by atoms with E-state index in [9.17, 15) is 0 Å². The molecule has 2 aliphatic rings. The minimum atomic E-state index is 0.546. The lowest BCUT2D eigenvalue weighted by molar-refractivity contribution is 0.150. The average Bonchev–Trinajstić information content (AvgIpc) is 2.83. The van der Waals surface area contributed by atoms with Crippen LogP contribution >= 0.6 is 11.3 Å². The predicted octanol–water partition coefficient (Wildman–Crippen LogP) is 1.80. The van der Waals surface area contributed by atoms with Crippen LogP contribution in [0.4, 0.5) is 0 Å². The summed E-state index contributed by atoms with van der Waals surface area (Å²) in [6.45, 7) is 4.54. The number of nitrogens with zero attached hydrogens (tertiary/aromatic N) is 2. The third-order valence-corrected chi connectivity index (χ3v) is 4.73. The fraction of sp³-hybridized carbons (Fsp3) is 0.462. The molecule has 1 saturated heterocycles. The van der Waals surface area contributed by atoms with Crippen LogP contribution in [0.1, 0.15) is 17.3 Å². The summed E-state index contributed by atoms with van der Waals surface area (Å²) in [6.07, 6.45) is 1.11. The van der Waals surface area contributed by atoms with Crippen LogP contribution in [0.5, 0.6) is 0 Å². The fourth-order valence-electron chi connectivity index (χ4n) is 3.01. The first-order valence-electron chi connectivity index (χ1n) is 6.23. The molecule has 0 radical (unpaired) electrons. The van der Waals surface area contributed by atoms with Gasteiger partial charge in [0, 0.05) is 49.7 Å². The van der Waals surface area contributed by atoms with Crippen LogP contribution in [0, 0.1) is 0 Å². The molecule has 1 fully saturated rings. The van der Waals surface area contributed by atoms with E-state index in [-0.39, 0.29) is 0 Å². The molecule has 88 valence electrons. The molecule has 1 N–H and O–H groups in total. The molecular weight excluding hydrogens is 230 g/mol. The van der Waals surface area contributed by atoms with E-state index in [4.69, 9.17) is 4.98 Å². The van der Waals surface area contributed by atoms with Crippen molar-refractivity contribution < 1.29 is 0 Å². The molecule has 0 aromatic carbocycles. The van der Waals surface area contributed by atoms with Crippen molar-refractivity contribution in [1.29, 1.82) is 0 Å². The summed E-state index contributed by atoms with van der Waals surface area (Å²) in [7, 11) is 0. The smallest absolute Gasteiger partial charge is 0.123 e. The van der Waals surface area contributed by atoms with E-state index in [2.05, 4.69) is 27.7 Å². The summed E-state index contributed by atoms with van der Waals surface area (Å²) < 4.78 is 0. The van der Waals surface area contributed by atoms with Gasteiger partial charge in [0.25, 0.3) is 0 Å². The van der Waals surface area contributed by atoms with Gasteiger partial charge in [-0.25, -0.2) is 4.98 Å². The molecule has 1 unspecified atom stereocenters. The van der Waals surface area contributed by atoms with Crippen LogP contribution in [0.3, 0.4) is 0 Å². The van der Waals surface area contributed by atoms with E-state index in [0.29, 0.717) is 6.04 Å². The zero-order valence-electron chi connectivity index (χ0n) is 9.65. The van der Waals surface area contributed by atoms with Gasteiger partial charge in [-0.15, -0.1) is 11.3 Å². The second-order valence-corrected chi connectivity index (χ2v) is 5.74. The lowest BCUT2D eigenvalue weighted by atomic mass is 9.94. The maximum absolute atomic E-state index is 4.83. The first-order valence-corrected chi connectivity index (χ1v) is 7.11. The van der Waals surface area contributed by atoms with E-state index in [1.807, 2.05) is 0 Å².